The van der Waals surface area contributed by atoms with Crippen LogP contribution in [-0.4, -0.2) is 35.5 Å². The lowest BCUT2D eigenvalue weighted by Gasteiger charge is -2.16. The lowest BCUT2D eigenvalue weighted by molar-refractivity contribution is -0.137. The molecule has 1 aromatic heterocycles. The molecule has 0 aliphatic heterocycles. The van der Waals surface area contributed by atoms with Gasteiger partial charge < -0.3 is 20.2 Å². The largest absolute Gasteiger partial charge is 0.481 e. The number of nitrogens with one attached hydrogen (secondary N) is 2. The highest BCUT2D eigenvalue weighted by atomic mass is 16.4. The average Bonchev–Trinajstić information content (AvgIpc) is 3.12. The number of aliphatic carboxylic acids is 1. The van der Waals surface area contributed by atoms with Gasteiger partial charge in [0.05, 0.1) is 18.2 Å². The number of hydrogen-bond donors (Lipinski definition) is 3. The number of rotatable bonds is 8. The van der Waals surface area contributed by atoms with Gasteiger partial charge in [-0.2, -0.15) is 0 Å². The minimum atomic E-state index is -0.916. The van der Waals surface area contributed by atoms with Gasteiger partial charge in [-0.3, -0.25) is 14.4 Å². The Morgan fingerprint density at radius 3 is 2.71 bits per heavy atom. The molecule has 0 aromatic carbocycles. The standard InChI is InChI=1S/C14H18N2O5/c17-12(16-11(7-13(18)19)9-1-2-9)3-5-15-14(20)10-4-6-21-8-10/h4,6,8-9,11H,1-3,5,7H2,(H,15,20)(H,16,17)(H,18,19). The van der Waals surface area contributed by atoms with Crippen LogP contribution in [0.2, 0.25) is 0 Å². The molecule has 2 rings (SSSR count). The van der Waals surface area contributed by atoms with Crippen LogP contribution in [0, 0.1) is 5.92 Å². The van der Waals surface area contributed by atoms with Gasteiger partial charge in [-0.05, 0) is 24.8 Å². The van der Waals surface area contributed by atoms with Crippen LogP contribution in [0.5, 0.6) is 0 Å². The van der Waals surface area contributed by atoms with Crippen molar-refractivity contribution in [3.63, 3.8) is 0 Å². The second-order valence-electron chi connectivity index (χ2n) is 5.13. The van der Waals surface area contributed by atoms with Crippen molar-refractivity contribution in [2.45, 2.75) is 31.7 Å². The second-order valence-corrected chi connectivity index (χ2v) is 5.13. The van der Waals surface area contributed by atoms with Gasteiger partial charge in [0.1, 0.15) is 6.26 Å². The molecule has 21 heavy (non-hydrogen) atoms. The highest BCUT2D eigenvalue weighted by Crippen LogP contribution is 2.34. The van der Waals surface area contributed by atoms with Crippen molar-refractivity contribution in [2.75, 3.05) is 6.54 Å². The van der Waals surface area contributed by atoms with Gasteiger partial charge in [-0.1, -0.05) is 0 Å². The molecule has 1 saturated carbocycles. The Morgan fingerprint density at radius 2 is 2.14 bits per heavy atom. The van der Waals surface area contributed by atoms with Crippen molar-refractivity contribution in [3.05, 3.63) is 24.2 Å². The van der Waals surface area contributed by atoms with Gasteiger partial charge in [0.25, 0.3) is 5.91 Å². The Balaban J connectivity index is 1.69. The normalized spacial score (nSPS) is 15.2. The first-order valence-electron chi connectivity index (χ1n) is 6.88. The van der Waals surface area contributed by atoms with E-state index in [9.17, 15) is 14.4 Å². The predicted molar refractivity (Wildman–Crippen MR) is 72.6 cm³/mol. The molecule has 0 saturated heterocycles. The Morgan fingerprint density at radius 1 is 1.38 bits per heavy atom. The number of amides is 2. The highest BCUT2D eigenvalue weighted by molar-refractivity contribution is 5.94. The first kappa shape index (κ1) is 15.1. The number of furan rings is 1. The van der Waals surface area contributed by atoms with Crippen molar-refractivity contribution in [3.8, 4) is 0 Å². The van der Waals surface area contributed by atoms with E-state index in [4.69, 9.17) is 9.52 Å². The van der Waals surface area contributed by atoms with Gasteiger partial charge in [-0.25, -0.2) is 0 Å². The van der Waals surface area contributed by atoms with E-state index in [1.165, 1.54) is 18.6 Å². The van der Waals surface area contributed by atoms with E-state index in [2.05, 4.69) is 10.6 Å². The summed E-state index contributed by atoms with van der Waals surface area (Å²) in [5, 5.41) is 14.1. The lowest BCUT2D eigenvalue weighted by Crippen LogP contribution is -2.39. The van der Waals surface area contributed by atoms with Crippen LogP contribution < -0.4 is 10.6 Å². The van der Waals surface area contributed by atoms with Crippen LogP contribution in [0.4, 0.5) is 0 Å². The van der Waals surface area contributed by atoms with E-state index in [-0.39, 0.29) is 43.2 Å². The third kappa shape index (κ3) is 4.94. The summed E-state index contributed by atoms with van der Waals surface area (Å²) in [7, 11) is 0. The Bertz CT molecular complexity index is 507. The van der Waals surface area contributed by atoms with E-state index in [1.54, 1.807) is 0 Å². The number of carbonyl (C=O) groups excluding carboxylic acids is 2. The van der Waals surface area contributed by atoms with Crippen LogP contribution in [0.1, 0.15) is 36.0 Å². The molecule has 1 unspecified atom stereocenters. The fourth-order valence-corrected chi connectivity index (χ4v) is 2.09. The summed E-state index contributed by atoms with van der Waals surface area (Å²) >= 11 is 0. The monoisotopic (exact) mass is 294 g/mol. The maximum atomic E-state index is 11.8. The van der Waals surface area contributed by atoms with Gasteiger partial charge in [0.2, 0.25) is 5.91 Å². The Kier molecular flexibility index (Phi) is 4.97. The number of carbonyl (C=O) groups is 3. The minimum Gasteiger partial charge on any atom is -0.481 e. The van der Waals surface area contributed by atoms with Crippen LogP contribution in [0.3, 0.4) is 0 Å². The highest BCUT2D eigenvalue weighted by Gasteiger charge is 2.33. The molecule has 1 atom stereocenters. The fourth-order valence-electron chi connectivity index (χ4n) is 2.09. The summed E-state index contributed by atoms with van der Waals surface area (Å²) in [5.74, 6) is -1.20. The average molecular weight is 294 g/mol. The molecule has 0 bridgehead atoms. The minimum absolute atomic E-state index is 0.0578. The van der Waals surface area contributed by atoms with E-state index in [0.29, 0.717) is 5.56 Å². The van der Waals surface area contributed by atoms with E-state index < -0.39 is 5.97 Å². The number of carboxylic acid groups (broad SMARTS) is 1. The van der Waals surface area contributed by atoms with E-state index >= 15 is 0 Å². The van der Waals surface area contributed by atoms with Gasteiger partial charge in [0, 0.05) is 19.0 Å². The summed E-state index contributed by atoms with van der Waals surface area (Å²) in [6.07, 6.45) is 4.69. The smallest absolute Gasteiger partial charge is 0.305 e. The maximum absolute atomic E-state index is 11.8. The molecule has 7 nitrogen and oxygen atoms in total. The fraction of sp³-hybridized carbons (Fsp3) is 0.500. The number of hydrogen-bond acceptors (Lipinski definition) is 4. The molecule has 114 valence electrons. The summed E-state index contributed by atoms with van der Waals surface area (Å²) in [6.45, 7) is 0.195. The SMILES string of the molecule is O=C(O)CC(NC(=O)CCNC(=O)c1ccoc1)C1CC1. The van der Waals surface area contributed by atoms with Crippen molar-refractivity contribution in [1.29, 1.82) is 0 Å². The zero-order valence-corrected chi connectivity index (χ0v) is 11.5. The van der Waals surface area contributed by atoms with Crippen molar-refractivity contribution in [1.82, 2.24) is 10.6 Å². The summed E-state index contributed by atoms with van der Waals surface area (Å²) in [5.41, 5.74) is 0.400. The molecule has 0 spiro atoms. The van der Waals surface area contributed by atoms with Gasteiger partial charge in [-0.15, -0.1) is 0 Å². The topological polar surface area (TPSA) is 109 Å². The second kappa shape index (κ2) is 6.92. The predicted octanol–water partition coefficient (Wildman–Crippen LogP) is 0.769. The van der Waals surface area contributed by atoms with Crippen LogP contribution in [-0.2, 0) is 9.59 Å². The molecule has 1 aliphatic carbocycles. The molecule has 2 amide bonds. The Labute approximate surface area is 121 Å². The molecule has 7 heteroatoms. The van der Waals surface area contributed by atoms with E-state index in [1.807, 2.05) is 0 Å². The third-order valence-corrected chi connectivity index (χ3v) is 3.35. The zero-order valence-electron chi connectivity index (χ0n) is 11.5. The van der Waals surface area contributed by atoms with Gasteiger partial charge >= 0.3 is 5.97 Å². The van der Waals surface area contributed by atoms with E-state index in [0.717, 1.165) is 12.8 Å². The summed E-state index contributed by atoms with van der Waals surface area (Å²) in [4.78, 5) is 34.1. The quantitative estimate of drug-likeness (QED) is 0.656. The van der Waals surface area contributed by atoms with Crippen molar-refractivity contribution < 1.29 is 23.9 Å². The first-order valence-corrected chi connectivity index (χ1v) is 6.88. The summed E-state index contributed by atoms with van der Waals surface area (Å²) in [6, 6.07) is 1.23. The first-order chi connectivity index (χ1) is 10.1. The molecule has 1 fully saturated rings. The maximum Gasteiger partial charge on any atom is 0.305 e. The molecule has 3 N–H and O–H groups in total. The molecular weight excluding hydrogens is 276 g/mol. The summed E-state index contributed by atoms with van der Waals surface area (Å²) < 4.78 is 4.79. The van der Waals surface area contributed by atoms with Crippen LogP contribution in [0.15, 0.2) is 23.0 Å². The molecule has 0 radical (unpaired) electrons. The molecule has 1 aromatic rings. The molecule has 1 heterocycles. The third-order valence-electron chi connectivity index (χ3n) is 3.35. The zero-order chi connectivity index (χ0) is 15.2. The molecule has 1 aliphatic rings. The lowest BCUT2D eigenvalue weighted by atomic mass is 10.1. The van der Waals surface area contributed by atoms with Crippen LogP contribution >= 0.6 is 0 Å². The Hall–Kier alpha value is -2.31. The number of carboxylic acids is 1. The van der Waals surface area contributed by atoms with Crippen molar-refractivity contribution in [2.24, 2.45) is 5.92 Å². The van der Waals surface area contributed by atoms with Crippen molar-refractivity contribution >= 4 is 17.8 Å². The van der Waals surface area contributed by atoms with Crippen LogP contribution in [0.25, 0.3) is 0 Å². The molecular formula is C14H18N2O5. The van der Waals surface area contributed by atoms with Gasteiger partial charge in [0.15, 0.2) is 0 Å².